The average Bonchev–Trinajstić information content (AvgIpc) is 3.38. The number of hydrogen-bond donors (Lipinski definition) is 4. The van der Waals surface area contributed by atoms with Crippen molar-refractivity contribution in [3.05, 3.63) is 75.4 Å². The second-order valence-electron chi connectivity index (χ2n) is 10.4. The zero-order valence-corrected chi connectivity index (χ0v) is 24.8. The zero-order chi connectivity index (χ0) is 29.2. The summed E-state index contributed by atoms with van der Waals surface area (Å²) < 4.78 is 7.22. The Labute approximate surface area is 245 Å². The Morgan fingerprint density at radius 1 is 1.02 bits per heavy atom. The number of amides is 1. The predicted octanol–water partition coefficient (Wildman–Crippen LogP) is 4.43. The molecule has 8 nitrogen and oxygen atoms in total. The van der Waals surface area contributed by atoms with Crippen LogP contribution in [-0.4, -0.2) is 66.3 Å². The number of nitrogens with one attached hydrogen (secondary N) is 2. The fraction of sp³-hybridized carbons (Fsp3) is 0.438. The molecule has 0 fully saturated rings. The smallest absolute Gasteiger partial charge is 0.305 e. The number of nitrogens with two attached hydrogens (primary N) is 1. The number of aromatic nitrogens is 1. The summed E-state index contributed by atoms with van der Waals surface area (Å²) in [5, 5.41) is 15.9. The molecule has 4 aromatic rings. The molecular weight excluding hydrogens is 536 g/mol. The van der Waals surface area contributed by atoms with Gasteiger partial charge in [0, 0.05) is 6.54 Å². The molecule has 9 heteroatoms. The molecule has 0 aliphatic rings. The van der Waals surface area contributed by atoms with Gasteiger partial charge in [-0.3, -0.25) is 9.59 Å². The van der Waals surface area contributed by atoms with E-state index in [0.29, 0.717) is 38.1 Å². The number of phenols is 1. The summed E-state index contributed by atoms with van der Waals surface area (Å²) in [7, 11) is 0. The van der Waals surface area contributed by atoms with Crippen LogP contribution < -0.4 is 15.9 Å². The molecule has 220 valence electrons. The maximum atomic E-state index is 12.6. The fourth-order valence-electron chi connectivity index (χ4n) is 5.47. The molecule has 0 spiro atoms. The summed E-state index contributed by atoms with van der Waals surface area (Å²) in [6, 6.07) is 18.2. The minimum absolute atomic E-state index is 0.0792. The molecule has 0 bridgehead atoms. The van der Waals surface area contributed by atoms with Gasteiger partial charge in [-0.05, 0) is 79.8 Å². The molecule has 4 rings (SSSR count). The van der Waals surface area contributed by atoms with E-state index in [2.05, 4.69) is 65.4 Å². The predicted molar refractivity (Wildman–Crippen MR) is 168 cm³/mol. The van der Waals surface area contributed by atoms with Gasteiger partial charge in [-0.15, -0.1) is 0 Å². The van der Waals surface area contributed by atoms with Crippen LogP contribution in [0.4, 0.5) is 0 Å². The SMILES string of the molecule is CCN(CC)CCC(OCCc1cccc2ccccc12)C(CCNCCc1ccc(O)c2[nH]c(=O)sc12)C(N)=O. The summed E-state index contributed by atoms with van der Waals surface area (Å²) in [5.74, 6) is -0.657. The van der Waals surface area contributed by atoms with Crippen LogP contribution >= 0.6 is 11.3 Å². The molecule has 1 aromatic heterocycles. The summed E-state index contributed by atoms with van der Waals surface area (Å²) in [5.41, 5.74) is 8.65. The monoisotopic (exact) mass is 578 g/mol. The van der Waals surface area contributed by atoms with E-state index in [1.54, 1.807) is 6.07 Å². The first-order chi connectivity index (χ1) is 19.9. The molecule has 1 heterocycles. The highest BCUT2D eigenvalue weighted by Crippen LogP contribution is 2.28. The van der Waals surface area contributed by atoms with Crippen LogP contribution in [0.2, 0.25) is 0 Å². The number of aromatic amines is 1. The second kappa shape index (κ2) is 15.1. The minimum Gasteiger partial charge on any atom is -0.506 e. The van der Waals surface area contributed by atoms with Gasteiger partial charge in [0.2, 0.25) is 5.91 Å². The lowest BCUT2D eigenvalue weighted by Gasteiger charge is -2.28. The van der Waals surface area contributed by atoms with Crippen molar-refractivity contribution in [3.8, 4) is 5.75 Å². The van der Waals surface area contributed by atoms with Crippen molar-refractivity contribution < 1.29 is 14.6 Å². The number of hydrogen-bond acceptors (Lipinski definition) is 7. The molecule has 0 aliphatic heterocycles. The quantitative estimate of drug-likeness (QED) is 0.138. The van der Waals surface area contributed by atoms with E-state index in [0.717, 1.165) is 54.1 Å². The van der Waals surface area contributed by atoms with E-state index < -0.39 is 5.92 Å². The Balaban J connectivity index is 1.35. The van der Waals surface area contributed by atoms with E-state index in [9.17, 15) is 14.7 Å². The molecule has 2 unspecified atom stereocenters. The number of ether oxygens (including phenoxy) is 1. The van der Waals surface area contributed by atoms with E-state index in [-0.39, 0.29) is 22.6 Å². The second-order valence-corrected chi connectivity index (χ2v) is 11.4. The number of fused-ring (bicyclic) bond motifs is 2. The van der Waals surface area contributed by atoms with Gasteiger partial charge in [-0.25, -0.2) is 0 Å². The third-order valence-corrected chi connectivity index (χ3v) is 8.82. The molecule has 0 saturated heterocycles. The lowest BCUT2D eigenvalue weighted by Crippen LogP contribution is -2.40. The van der Waals surface area contributed by atoms with E-state index in [4.69, 9.17) is 10.5 Å². The topological polar surface area (TPSA) is 121 Å². The Morgan fingerprint density at radius 2 is 1.80 bits per heavy atom. The van der Waals surface area contributed by atoms with E-state index in [1.807, 2.05) is 12.1 Å². The number of aromatic hydroxyl groups is 1. The van der Waals surface area contributed by atoms with Crippen molar-refractivity contribution in [2.45, 2.75) is 45.6 Å². The Morgan fingerprint density at radius 3 is 2.59 bits per heavy atom. The van der Waals surface area contributed by atoms with E-state index >= 15 is 0 Å². The average molecular weight is 579 g/mol. The Bertz CT molecular complexity index is 1470. The first kappa shape index (κ1) is 30.7. The highest BCUT2D eigenvalue weighted by atomic mass is 32.1. The molecule has 5 N–H and O–H groups in total. The number of nitrogens with zero attached hydrogens (tertiary/aromatic N) is 1. The van der Waals surface area contributed by atoms with Gasteiger partial charge in [-0.1, -0.05) is 73.7 Å². The zero-order valence-electron chi connectivity index (χ0n) is 24.0. The maximum Gasteiger partial charge on any atom is 0.305 e. The van der Waals surface area contributed by atoms with E-state index in [1.165, 1.54) is 16.3 Å². The Hall–Kier alpha value is -3.24. The highest BCUT2D eigenvalue weighted by Gasteiger charge is 2.27. The standard InChI is InChI=1S/C32H42N4O4S/c1-3-36(4-2)20-16-28(40-21-17-23-10-7-9-22-8-5-6-11-25(22)23)26(31(33)38)15-19-34-18-14-24-12-13-27(37)29-30(24)41-32(39)35-29/h5-13,26,28,34,37H,3-4,14-21H2,1-2H3,(H2,33,38)(H,35,39). The van der Waals surface area contributed by atoms with Gasteiger partial charge in [0.25, 0.3) is 0 Å². The van der Waals surface area contributed by atoms with Gasteiger partial charge in [-0.2, -0.15) is 0 Å². The van der Waals surface area contributed by atoms with Gasteiger partial charge in [0.15, 0.2) is 0 Å². The number of carbonyl (C=O) groups is 1. The summed E-state index contributed by atoms with van der Waals surface area (Å²) in [6.07, 6.45) is 2.51. The lowest BCUT2D eigenvalue weighted by molar-refractivity contribution is -0.127. The molecule has 0 radical (unpaired) electrons. The molecule has 3 aromatic carbocycles. The van der Waals surface area contributed by atoms with Crippen molar-refractivity contribution >= 4 is 38.2 Å². The van der Waals surface area contributed by atoms with Crippen LogP contribution in [0.3, 0.4) is 0 Å². The number of benzene rings is 3. The summed E-state index contributed by atoms with van der Waals surface area (Å²) in [6.45, 7) is 8.83. The summed E-state index contributed by atoms with van der Waals surface area (Å²) >= 11 is 1.11. The number of carbonyl (C=O) groups excluding carboxylic acids is 1. The molecular formula is C32H42N4O4S. The fourth-order valence-corrected chi connectivity index (χ4v) is 6.37. The number of phenolic OH excluding ortho intramolecular Hbond substituents is 1. The van der Waals surface area contributed by atoms with Crippen LogP contribution in [0.1, 0.15) is 37.8 Å². The van der Waals surface area contributed by atoms with Crippen LogP contribution in [0, 0.1) is 5.92 Å². The first-order valence-electron chi connectivity index (χ1n) is 14.6. The summed E-state index contributed by atoms with van der Waals surface area (Å²) in [4.78, 5) is 29.3. The Kier molecular flexibility index (Phi) is 11.3. The van der Waals surface area contributed by atoms with Gasteiger partial charge >= 0.3 is 4.87 Å². The van der Waals surface area contributed by atoms with Gasteiger partial charge in [0.1, 0.15) is 11.3 Å². The molecule has 0 aliphatic carbocycles. The highest BCUT2D eigenvalue weighted by molar-refractivity contribution is 7.16. The van der Waals surface area contributed by atoms with Crippen LogP contribution in [0.5, 0.6) is 5.75 Å². The molecule has 2 atom stereocenters. The lowest BCUT2D eigenvalue weighted by atomic mass is 9.94. The number of rotatable bonds is 17. The first-order valence-corrected chi connectivity index (χ1v) is 15.4. The molecule has 1 amide bonds. The van der Waals surface area contributed by atoms with Crippen molar-refractivity contribution in [3.63, 3.8) is 0 Å². The van der Waals surface area contributed by atoms with Crippen molar-refractivity contribution in [1.29, 1.82) is 0 Å². The number of primary amides is 1. The van der Waals surface area contributed by atoms with Crippen LogP contribution in [-0.2, 0) is 22.4 Å². The van der Waals surface area contributed by atoms with Crippen LogP contribution in [0.15, 0.2) is 59.4 Å². The number of H-pyrrole nitrogens is 1. The minimum atomic E-state index is -0.402. The number of thiazole rings is 1. The largest absolute Gasteiger partial charge is 0.506 e. The molecule has 0 saturated carbocycles. The molecule has 41 heavy (non-hydrogen) atoms. The maximum absolute atomic E-state index is 12.6. The van der Waals surface area contributed by atoms with Gasteiger partial charge in [0.05, 0.1) is 23.3 Å². The van der Waals surface area contributed by atoms with Crippen molar-refractivity contribution in [2.24, 2.45) is 11.7 Å². The van der Waals surface area contributed by atoms with Crippen molar-refractivity contribution in [2.75, 3.05) is 39.3 Å². The van der Waals surface area contributed by atoms with Crippen molar-refractivity contribution in [1.82, 2.24) is 15.2 Å². The third kappa shape index (κ3) is 8.16. The van der Waals surface area contributed by atoms with Crippen LogP contribution in [0.25, 0.3) is 21.0 Å². The third-order valence-electron chi connectivity index (χ3n) is 7.86. The normalized spacial score (nSPS) is 13.2. The van der Waals surface area contributed by atoms with Gasteiger partial charge < -0.3 is 30.8 Å².